The second kappa shape index (κ2) is 13.1. The summed E-state index contributed by atoms with van der Waals surface area (Å²) in [5, 5.41) is 10.9. The van der Waals surface area contributed by atoms with Crippen LogP contribution in [0.2, 0.25) is 0 Å². The van der Waals surface area contributed by atoms with Gasteiger partial charge in [0.1, 0.15) is 12.6 Å². The fourth-order valence-corrected chi connectivity index (χ4v) is 2.02. The Balaban J connectivity index is 0.00000110. The lowest BCUT2D eigenvalue weighted by Crippen LogP contribution is -2.31. The van der Waals surface area contributed by atoms with Gasteiger partial charge in [0, 0.05) is 12.2 Å². The summed E-state index contributed by atoms with van der Waals surface area (Å²) in [5.41, 5.74) is 6.83. The Morgan fingerprint density at radius 3 is 2.35 bits per heavy atom. The number of carbonyl (C=O) groups excluding carboxylic acids is 1. The van der Waals surface area contributed by atoms with E-state index in [2.05, 4.69) is 31.0 Å². The molecule has 0 aliphatic rings. The second-order valence-corrected chi connectivity index (χ2v) is 6.33. The average molecular weight is 367 g/mol. The summed E-state index contributed by atoms with van der Waals surface area (Å²) in [6, 6.07) is 7.80. The van der Waals surface area contributed by atoms with Crippen LogP contribution in [0.3, 0.4) is 0 Å². The van der Waals surface area contributed by atoms with E-state index in [1.165, 1.54) is 5.56 Å². The van der Waals surface area contributed by atoms with Crippen LogP contribution in [0.4, 0.5) is 5.69 Å². The molecule has 1 unspecified atom stereocenters. The molecule has 1 aromatic rings. The zero-order valence-corrected chi connectivity index (χ0v) is 16.5. The number of carboxylic acids is 1. The van der Waals surface area contributed by atoms with Crippen LogP contribution in [0.1, 0.15) is 38.7 Å². The summed E-state index contributed by atoms with van der Waals surface area (Å²) < 4.78 is 5.27. The minimum absolute atomic E-state index is 0.212. The Labute approximate surface area is 156 Å². The van der Waals surface area contributed by atoms with Crippen molar-refractivity contribution in [3.63, 3.8) is 0 Å². The van der Waals surface area contributed by atoms with Crippen LogP contribution in [-0.2, 0) is 14.3 Å². The fraction of sp³-hybridized carbons (Fsp3) is 0.579. The third-order valence-corrected chi connectivity index (χ3v) is 3.79. The molecule has 0 saturated heterocycles. The van der Waals surface area contributed by atoms with Gasteiger partial charge in [-0.3, -0.25) is 4.79 Å². The highest BCUT2D eigenvalue weighted by molar-refractivity contribution is 5.79. The van der Waals surface area contributed by atoms with E-state index in [1.807, 2.05) is 44.1 Å². The molecule has 7 heteroatoms. The SMILES string of the molecule is CCC(C)c1ccccc1N[C@@H](C)C(=O)OCCN(C)C.NCC(=O)O. The first-order chi connectivity index (χ1) is 12.2. The second-order valence-electron chi connectivity index (χ2n) is 6.33. The number of nitrogens with zero attached hydrogens (tertiary/aromatic N) is 1. The van der Waals surface area contributed by atoms with Gasteiger partial charge >= 0.3 is 11.9 Å². The van der Waals surface area contributed by atoms with Gasteiger partial charge in [-0.1, -0.05) is 32.0 Å². The molecule has 1 aromatic carbocycles. The zero-order chi connectivity index (χ0) is 20.1. The minimum Gasteiger partial charge on any atom is -0.480 e. The van der Waals surface area contributed by atoms with Crippen LogP contribution in [0.25, 0.3) is 0 Å². The van der Waals surface area contributed by atoms with E-state index in [9.17, 15) is 9.59 Å². The normalized spacial score (nSPS) is 12.6. The van der Waals surface area contributed by atoms with E-state index in [0.29, 0.717) is 12.5 Å². The van der Waals surface area contributed by atoms with Crippen LogP contribution in [0.5, 0.6) is 0 Å². The van der Waals surface area contributed by atoms with Gasteiger partial charge in [0.05, 0.1) is 6.54 Å². The first-order valence-electron chi connectivity index (χ1n) is 8.81. The Kier molecular flexibility index (Phi) is 12.1. The van der Waals surface area contributed by atoms with Gasteiger partial charge in [0.25, 0.3) is 0 Å². The van der Waals surface area contributed by atoms with Crippen molar-refractivity contribution in [1.29, 1.82) is 0 Å². The molecular formula is C19H33N3O4. The molecule has 0 aromatic heterocycles. The molecule has 0 aliphatic heterocycles. The van der Waals surface area contributed by atoms with Crippen molar-refractivity contribution >= 4 is 17.6 Å². The first-order valence-corrected chi connectivity index (χ1v) is 8.81. The minimum atomic E-state index is -0.968. The molecule has 0 fully saturated rings. The molecule has 0 saturated carbocycles. The molecule has 0 aliphatic carbocycles. The van der Waals surface area contributed by atoms with Crippen LogP contribution in [0, 0.1) is 0 Å². The lowest BCUT2D eigenvalue weighted by molar-refractivity contribution is -0.144. The van der Waals surface area contributed by atoms with Crippen molar-refractivity contribution in [3.8, 4) is 0 Å². The summed E-state index contributed by atoms with van der Waals surface area (Å²) in [6.45, 7) is 7.08. The maximum Gasteiger partial charge on any atom is 0.328 e. The van der Waals surface area contributed by atoms with Crippen molar-refractivity contribution in [2.45, 2.75) is 39.2 Å². The number of likely N-dealkylation sites (N-methyl/N-ethyl adjacent to an activating group) is 1. The number of carbonyl (C=O) groups is 2. The molecule has 0 spiro atoms. The van der Waals surface area contributed by atoms with Crippen molar-refractivity contribution in [3.05, 3.63) is 29.8 Å². The third-order valence-electron chi connectivity index (χ3n) is 3.79. The van der Waals surface area contributed by atoms with Crippen LogP contribution in [0.15, 0.2) is 24.3 Å². The number of nitrogens with one attached hydrogen (secondary N) is 1. The summed E-state index contributed by atoms with van der Waals surface area (Å²) in [5.74, 6) is -0.716. The predicted octanol–water partition coefficient (Wildman–Crippen LogP) is 2.14. The van der Waals surface area contributed by atoms with E-state index in [1.54, 1.807) is 0 Å². The molecule has 0 radical (unpaired) electrons. The first kappa shape index (κ1) is 23.9. The smallest absolute Gasteiger partial charge is 0.328 e. The Morgan fingerprint density at radius 2 is 1.85 bits per heavy atom. The molecule has 7 nitrogen and oxygen atoms in total. The number of ether oxygens (including phenoxy) is 1. The van der Waals surface area contributed by atoms with Crippen molar-refractivity contribution in [2.75, 3.05) is 39.1 Å². The highest BCUT2D eigenvalue weighted by atomic mass is 16.5. The summed E-state index contributed by atoms with van der Waals surface area (Å²) >= 11 is 0. The van der Waals surface area contributed by atoms with E-state index in [0.717, 1.165) is 18.7 Å². The van der Waals surface area contributed by atoms with Gasteiger partial charge in [0.2, 0.25) is 0 Å². The average Bonchev–Trinajstić information content (AvgIpc) is 2.61. The standard InChI is InChI=1S/C17H28N2O2.C2H5NO2/c1-6-13(2)15-9-7-8-10-16(15)18-14(3)17(20)21-12-11-19(4)5;3-1-2(4)5/h7-10,13-14,18H,6,11-12H2,1-5H3;1,3H2,(H,4,5)/t13?,14-;/m0./s1. The van der Waals surface area contributed by atoms with Crippen LogP contribution in [-0.4, -0.2) is 61.8 Å². The van der Waals surface area contributed by atoms with Crippen LogP contribution >= 0.6 is 0 Å². The quantitative estimate of drug-likeness (QED) is 0.574. The maximum absolute atomic E-state index is 12.0. The van der Waals surface area contributed by atoms with Crippen molar-refractivity contribution < 1.29 is 19.4 Å². The topological polar surface area (TPSA) is 105 Å². The van der Waals surface area contributed by atoms with E-state index >= 15 is 0 Å². The summed E-state index contributed by atoms with van der Waals surface area (Å²) in [6.07, 6.45) is 1.07. The monoisotopic (exact) mass is 367 g/mol. The molecule has 0 bridgehead atoms. The molecule has 26 heavy (non-hydrogen) atoms. The van der Waals surface area contributed by atoms with Gasteiger partial charge < -0.3 is 25.8 Å². The number of hydrogen-bond donors (Lipinski definition) is 3. The molecular weight excluding hydrogens is 334 g/mol. The number of aliphatic carboxylic acids is 1. The Morgan fingerprint density at radius 1 is 1.27 bits per heavy atom. The van der Waals surface area contributed by atoms with Gasteiger partial charge in [-0.15, -0.1) is 0 Å². The molecule has 148 valence electrons. The molecule has 0 amide bonds. The number of esters is 1. The Hall–Kier alpha value is -2.12. The molecule has 4 N–H and O–H groups in total. The molecule has 1 rings (SSSR count). The van der Waals surface area contributed by atoms with Gasteiger partial charge in [0.15, 0.2) is 0 Å². The largest absolute Gasteiger partial charge is 0.480 e. The Bertz CT molecular complexity index is 549. The summed E-state index contributed by atoms with van der Waals surface area (Å²) in [7, 11) is 3.91. The zero-order valence-electron chi connectivity index (χ0n) is 16.5. The number of anilines is 1. The van der Waals surface area contributed by atoms with Crippen molar-refractivity contribution in [1.82, 2.24) is 4.90 Å². The fourth-order valence-electron chi connectivity index (χ4n) is 2.02. The van der Waals surface area contributed by atoms with E-state index in [-0.39, 0.29) is 18.6 Å². The van der Waals surface area contributed by atoms with Gasteiger partial charge in [-0.2, -0.15) is 0 Å². The third kappa shape index (κ3) is 10.0. The highest BCUT2D eigenvalue weighted by Gasteiger charge is 2.16. The van der Waals surface area contributed by atoms with E-state index < -0.39 is 5.97 Å². The number of benzene rings is 1. The molecule has 2 atom stereocenters. The van der Waals surface area contributed by atoms with Crippen LogP contribution < -0.4 is 11.1 Å². The number of para-hydroxylation sites is 1. The lowest BCUT2D eigenvalue weighted by atomic mass is 9.96. The number of nitrogens with two attached hydrogens (primary N) is 1. The number of carboxylic acid groups (broad SMARTS) is 1. The maximum atomic E-state index is 12.0. The lowest BCUT2D eigenvalue weighted by Gasteiger charge is -2.20. The summed E-state index contributed by atoms with van der Waals surface area (Å²) in [4.78, 5) is 23.2. The van der Waals surface area contributed by atoms with Gasteiger partial charge in [-0.05, 0) is 45.0 Å². The van der Waals surface area contributed by atoms with Crippen molar-refractivity contribution in [2.24, 2.45) is 5.73 Å². The number of hydrogen-bond acceptors (Lipinski definition) is 6. The predicted molar refractivity (Wildman–Crippen MR) is 104 cm³/mol. The highest BCUT2D eigenvalue weighted by Crippen LogP contribution is 2.26. The number of rotatable bonds is 9. The molecule has 0 heterocycles. The van der Waals surface area contributed by atoms with Gasteiger partial charge in [-0.25, -0.2) is 4.79 Å². The van der Waals surface area contributed by atoms with E-state index in [4.69, 9.17) is 9.84 Å².